The molecule has 1 unspecified atom stereocenters. The number of anilines is 1. The molecule has 1 amide bonds. The van der Waals surface area contributed by atoms with Crippen molar-refractivity contribution < 1.29 is 9.59 Å². The molecular formula is C13H14N2O2. The molecule has 0 aromatic heterocycles. The van der Waals surface area contributed by atoms with Crippen molar-refractivity contribution in [1.29, 1.82) is 5.26 Å². The molecule has 17 heavy (non-hydrogen) atoms. The molecule has 1 rings (SSSR count). The van der Waals surface area contributed by atoms with Crippen LogP contribution in [0.5, 0.6) is 0 Å². The summed E-state index contributed by atoms with van der Waals surface area (Å²) < 4.78 is 0. The van der Waals surface area contributed by atoms with E-state index in [0.29, 0.717) is 11.3 Å². The Labute approximate surface area is 100 Å². The lowest BCUT2D eigenvalue weighted by atomic mass is 10.1. The smallest absolute Gasteiger partial charge is 0.228 e. The van der Waals surface area contributed by atoms with Crippen molar-refractivity contribution >= 4 is 17.4 Å². The fourth-order valence-corrected chi connectivity index (χ4v) is 1.28. The minimum Gasteiger partial charge on any atom is -0.326 e. The van der Waals surface area contributed by atoms with Gasteiger partial charge in [0.05, 0.1) is 6.07 Å². The highest BCUT2D eigenvalue weighted by Crippen LogP contribution is 2.12. The monoisotopic (exact) mass is 230 g/mol. The standard InChI is InChI=1S/C13H14N2O2/c1-9(7-8-14)13(17)15-12-5-3-11(4-6-12)10(2)16/h3-6,9H,7H2,1-2H3,(H,15,17). The van der Waals surface area contributed by atoms with Crippen LogP contribution in [-0.4, -0.2) is 11.7 Å². The van der Waals surface area contributed by atoms with E-state index in [1.165, 1.54) is 6.92 Å². The van der Waals surface area contributed by atoms with Crippen LogP contribution in [0.1, 0.15) is 30.6 Å². The molecule has 1 N–H and O–H groups in total. The van der Waals surface area contributed by atoms with Crippen molar-refractivity contribution in [2.24, 2.45) is 5.92 Å². The third-order valence-corrected chi connectivity index (χ3v) is 2.40. The Morgan fingerprint density at radius 2 is 1.94 bits per heavy atom. The lowest BCUT2D eigenvalue weighted by molar-refractivity contribution is -0.119. The molecule has 0 radical (unpaired) electrons. The second kappa shape index (κ2) is 5.80. The molecule has 1 aromatic rings. The minimum absolute atomic E-state index is 0.0132. The van der Waals surface area contributed by atoms with Crippen LogP contribution < -0.4 is 5.32 Å². The van der Waals surface area contributed by atoms with Crippen LogP contribution in [0.2, 0.25) is 0 Å². The maximum Gasteiger partial charge on any atom is 0.228 e. The number of nitrogens with one attached hydrogen (secondary N) is 1. The van der Waals surface area contributed by atoms with Crippen molar-refractivity contribution in [2.45, 2.75) is 20.3 Å². The van der Waals surface area contributed by atoms with Gasteiger partial charge in [-0.15, -0.1) is 0 Å². The Bertz CT molecular complexity index is 457. The van der Waals surface area contributed by atoms with Gasteiger partial charge in [-0.1, -0.05) is 6.92 Å². The molecule has 0 aliphatic carbocycles. The number of amides is 1. The second-order valence-electron chi connectivity index (χ2n) is 3.89. The highest BCUT2D eigenvalue weighted by molar-refractivity contribution is 5.96. The summed E-state index contributed by atoms with van der Waals surface area (Å²) in [6.45, 7) is 3.19. The third-order valence-electron chi connectivity index (χ3n) is 2.40. The van der Waals surface area contributed by atoms with Crippen molar-refractivity contribution in [3.63, 3.8) is 0 Å². The number of carbonyl (C=O) groups excluding carboxylic acids is 2. The van der Waals surface area contributed by atoms with Gasteiger partial charge in [0.1, 0.15) is 0 Å². The van der Waals surface area contributed by atoms with Gasteiger partial charge in [0.2, 0.25) is 5.91 Å². The fraction of sp³-hybridized carbons (Fsp3) is 0.308. The zero-order valence-corrected chi connectivity index (χ0v) is 9.86. The van der Waals surface area contributed by atoms with Gasteiger partial charge in [-0.2, -0.15) is 5.26 Å². The molecule has 0 aliphatic heterocycles. The van der Waals surface area contributed by atoms with E-state index < -0.39 is 0 Å². The van der Waals surface area contributed by atoms with Crippen LogP contribution >= 0.6 is 0 Å². The Kier molecular flexibility index (Phi) is 4.41. The van der Waals surface area contributed by atoms with E-state index in [-0.39, 0.29) is 24.0 Å². The van der Waals surface area contributed by atoms with Gasteiger partial charge in [0.25, 0.3) is 0 Å². The Hall–Kier alpha value is -2.15. The van der Waals surface area contributed by atoms with Crippen LogP contribution in [0.4, 0.5) is 5.69 Å². The van der Waals surface area contributed by atoms with Crippen molar-refractivity contribution in [1.82, 2.24) is 0 Å². The van der Waals surface area contributed by atoms with Crippen LogP contribution in [-0.2, 0) is 4.79 Å². The number of nitriles is 1. The van der Waals surface area contributed by atoms with Crippen LogP contribution in [0.15, 0.2) is 24.3 Å². The quantitative estimate of drug-likeness (QED) is 0.807. The number of hydrogen-bond acceptors (Lipinski definition) is 3. The van der Waals surface area contributed by atoms with Crippen molar-refractivity contribution in [3.05, 3.63) is 29.8 Å². The molecule has 0 saturated heterocycles. The van der Waals surface area contributed by atoms with Crippen molar-refractivity contribution in [2.75, 3.05) is 5.32 Å². The Morgan fingerprint density at radius 3 is 2.41 bits per heavy atom. The fourth-order valence-electron chi connectivity index (χ4n) is 1.28. The lowest BCUT2D eigenvalue weighted by Crippen LogP contribution is -2.19. The topological polar surface area (TPSA) is 70.0 Å². The average molecular weight is 230 g/mol. The molecule has 0 saturated carbocycles. The minimum atomic E-state index is -0.340. The van der Waals surface area contributed by atoms with Gasteiger partial charge in [0.15, 0.2) is 5.78 Å². The highest BCUT2D eigenvalue weighted by atomic mass is 16.1. The van der Waals surface area contributed by atoms with E-state index in [4.69, 9.17) is 5.26 Å². The summed E-state index contributed by atoms with van der Waals surface area (Å²) in [4.78, 5) is 22.6. The molecule has 1 aromatic carbocycles. The van der Waals surface area contributed by atoms with Crippen LogP contribution in [0.3, 0.4) is 0 Å². The molecule has 0 fully saturated rings. The van der Waals surface area contributed by atoms with Crippen LogP contribution in [0, 0.1) is 17.2 Å². The summed E-state index contributed by atoms with van der Waals surface area (Å²) in [6, 6.07) is 8.62. The predicted octanol–water partition coefficient (Wildman–Crippen LogP) is 2.38. The number of Topliss-reactive ketones (excluding diaryl/α,β-unsaturated/α-hetero) is 1. The first-order valence-electron chi connectivity index (χ1n) is 5.33. The number of benzene rings is 1. The molecule has 4 nitrogen and oxygen atoms in total. The number of hydrogen-bond donors (Lipinski definition) is 1. The van der Waals surface area contributed by atoms with E-state index in [1.807, 2.05) is 6.07 Å². The number of nitrogens with zero attached hydrogens (tertiary/aromatic N) is 1. The van der Waals surface area contributed by atoms with Crippen LogP contribution in [0.25, 0.3) is 0 Å². The van der Waals surface area contributed by atoms with Crippen molar-refractivity contribution in [3.8, 4) is 6.07 Å². The zero-order chi connectivity index (χ0) is 12.8. The highest BCUT2D eigenvalue weighted by Gasteiger charge is 2.12. The summed E-state index contributed by atoms with van der Waals surface area (Å²) in [6.07, 6.45) is 0.192. The maximum absolute atomic E-state index is 11.6. The number of ketones is 1. The van der Waals surface area contributed by atoms with Gasteiger partial charge < -0.3 is 5.32 Å². The maximum atomic E-state index is 11.6. The van der Waals surface area contributed by atoms with E-state index >= 15 is 0 Å². The van der Waals surface area contributed by atoms with E-state index in [9.17, 15) is 9.59 Å². The van der Waals surface area contributed by atoms with Gasteiger partial charge in [-0.05, 0) is 31.2 Å². The summed E-state index contributed by atoms with van der Waals surface area (Å²) in [7, 11) is 0. The molecule has 1 atom stereocenters. The summed E-state index contributed by atoms with van der Waals surface area (Å²) in [5, 5.41) is 11.2. The van der Waals surface area contributed by atoms with E-state index in [1.54, 1.807) is 31.2 Å². The third kappa shape index (κ3) is 3.72. The zero-order valence-electron chi connectivity index (χ0n) is 9.86. The van der Waals surface area contributed by atoms with Gasteiger partial charge in [-0.25, -0.2) is 0 Å². The normalized spacial score (nSPS) is 11.4. The first kappa shape index (κ1) is 12.9. The Balaban J connectivity index is 2.67. The first-order chi connectivity index (χ1) is 8.04. The molecule has 0 spiro atoms. The lowest BCUT2D eigenvalue weighted by Gasteiger charge is -2.09. The molecule has 0 bridgehead atoms. The average Bonchev–Trinajstić information content (AvgIpc) is 2.30. The summed E-state index contributed by atoms with van der Waals surface area (Å²) >= 11 is 0. The number of rotatable bonds is 4. The second-order valence-corrected chi connectivity index (χ2v) is 3.89. The molecular weight excluding hydrogens is 216 g/mol. The van der Waals surface area contributed by atoms with Gasteiger partial charge in [-0.3, -0.25) is 9.59 Å². The predicted molar refractivity (Wildman–Crippen MR) is 64.5 cm³/mol. The summed E-state index contributed by atoms with van der Waals surface area (Å²) in [5.41, 5.74) is 1.23. The largest absolute Gasteiger partial charge is 0.326 e. The molecule has 0 aliphatic rings. The Morgan fingerprint density at radius 1 is 1.35 bits per heavy atom. The van der Waals surface area contributed by atoms with Gasteiger partial charge >= 0.3 is 0 Å². The first-order valence-corrected chi connectivity index (χ1v) is 5.33. The molecule has 88 valence electrons. The summed E-state index contributed by atoms with van der Waals surface area (Å²) in [5.74, 6) is -0.546. The van der Waals surface area contributed by atoms with E-state index in [0.717, 1.165) is 0 Å². The van der Waals surface area contributed by atoms with E-state index in [2.05, 4.69) is 5.32 Å². The molecule has 4 heteroatoms. The SMILES string of the molecule is CC(=O)c1ccc(NC(=O)C(C)CC#N)cc1. The number of carbonyl (C=O) groups is 2. The molecule has 0 heterocycles. The van der Waals surface area contributed by atoms with Gasteiger partial charge in [0, 0.05) is 23.6 Å².